The molecule has 0 spiro atoms. The summed E-state index contributed by atoms with van der Waals surface area (Å²) >= 11 is 6.03. The van der Waals surface area contributed by atoms with Crippen molar-refractivity contribution in [3.8, 4) is 11.8 Å². The van der Waals surface area contributed by atoms with Crippen molar-refractivity contribution in [2.75, 3.05) is 0 Å². The summed E-state index contributed by atoms with van der Waals surface area (Å²) in [6.07, 6.45) is 5.73. The minimum atomic E-state index is -0.581. The van der Waals surface area contributed by atoms with Crippen molar-refractivity contribution in [1.82, 2.24) is 5.32 Å². The normalized spacial score (nSPS) is 17.2. The van der Waals surface area contributed by atoms with Crippen molar-refractivity contribution in [2.45, 2.75) is 93.2 Å². The molecular weight excluding hydrogens is 451 g/mol. The summed E-state index contributed by atoms with van der Waals surface area (Å²) in [6, 6.07) is 7.00. The second-order valence-corrected chi connectivity index (χ2v) is 7.27. The maximum atomic E-state index is 14.1. The average molecular weight is 493 g/mol. The molecule has 0 unspecified atom stereocenters. The van der Waals surface area contributed by atoms with Gasteiger partial charge < -0.3 is 10.1 Å². The number of nitriles is 1. The van der Waals surface area contributed by atoms with Gasteiger partial charge in [-0.25, -0.2) is 4.39 Å². The first-order valence-corrected chi connectivity index (χ1v) is 12.6. The molecule has 6 heteroatoms. The van der Waals surface area contributed by atoms with Crippen LogP contribution in [0, 0.1) is 11.3 Å². The molecule has 4 nitrogen and oxygen atoms in total. The van der Waals surface area contributed by atoms with E-state index < -0.39 is 11.7 Å². The summed E-state index contributed by atoms with van der Waals surface area (Å²) in [6.45, 7) is 18.9. The number of carbonyl (C=O) groups is 1. The van der Waals surface area contributed by atoms with Crippen LogP contribution in [0.25, 0.3) is 0 Å². The standard InChI is InChI=1S/C22H24ClFN2O2.3C2H6/c1-4-19(21(24)11-14(2)3)22(27)26-16-6-9-17(10-7-16)28-18-8-5-15(13-25)20(23)12-18;3*1-2/h4-5,8,11-12,16-17H,2,6-7,9-10H2,1,3H3,(H,26,27);3*1-2H3/b19-4+,21-11+;;;. The third-order valence-corrected chi connectivity index (χ3v) is 4.85. The molecule has 1 saturated carbocycles. The quantitative estimate of drug-likeness (QED) is 0.320. The van der Waals surface area contributed by atoms with Crippen LogP contribution in [-0.4, -0.2) is 18.1 Å². The largest absolute Gasteiger partial charge is 0.490 e. The Morgan fingerprint density at radius 2 is 1.74 bits per heavy atom. The minimum Gasteiger partial charge on any atom is -0.490 e. The predicted molar refractivity (Wildman–Crippen MR) is 143 cm³/mol. The highest BCUT2D eigenvalue weighted by Gasteiger charge is 2.25. The zero-order valence-electron chi connectivity index (χ0n) is 22.1. The number of allylic oxidation sites excluding steroid dienone is 3. The van der Waals surface area contributed by atoms with Gasteiger partial charge in [-0.05, 0) is 57.7 Å². The number of nitrogens with zero attached hydrogens (tertiary/aromatic N) is 1. The SMILES string of the molecule is C=C(C)/C=C(F)\C(=C/C)C(=O)NC1CCC(Oc2ccc(C#N)c(Cl)c2)CC1.CC.CC.CC. The molecule has 1 aliphatic rings. The van der Waals surface area contributed by atoms with Crippen molar-refractivity contribution in [2.24, 2.45) is 0 Å². The first kappa shape index (κ1) is 33.6. The maximum absolute atomic E-state index is 14.1. The number of hydrogen-bond acceptors (Lipinski definition) is 3. The van der Waals surface area contributed by atoms with Gasteiger partial charge in [-0.2, -0.15) is 5.26 Å². The molecule has 0 heterocycles. The first-order chi connectivity index (χ1) is 16.3. The third kappa shape index (κ3) is 12.0. The lowest BCUT2D eigenvalue weighted by Gasteiger charge is -2.29. The van der Waals surface area contributed by atoms with E-state index in [1.54, 1.807) is 32.0 Å². The molecule has 0 aliphatic heterocycles. The van der Waals surface area contributed by atoms with Crippen molar-refractivity contribution in [1.29, 1.82) is 5.26 Å². The number of ether oxygens (including phenoxy) is 1. The molecule has 1 aromatic rings. The molecule has 1 amide bonds. The van der Waals surface area contributed by atoms with Gasteiger partial charge >= 0.3 is 0 Å². The van der Waals surface area contributed by atoms with E-state index >= 15 is 0 Å². The molecule has 0 atom stereocenters. The fourth-order valence-corrected chi connectivity index (χ4v) is 3.32. The highest BCUT2D eigenvalue weighted by molar-refractivity contribution is 6.31. The van der Waals surface area contributed by atoms with Gasteiger partial charge in [-0.15, -0.1) is 0 Å². The van der Waals surface area contributed by atoms with Gasteiger partial charge in [0.25, 0.3) is 5.91 Å². The molecular formula is C28H42ClFN2O2. The monoisotopic (exact) mass is 492 g/mol. The van der Waals surface area contributed by atoms with Gasteiger partial charge in [-0.3, -0.25) is 4.79 Å². The second kappa shape index (κ2) is 19.9. The molecule has 0 bridgehead atoms. The van der Waals surface area contributed by atoms with Crippen LogP contribution in [0.5, 0.6) is 5.75 Å². The van der Waals surface area contributed by atoms with E-state index in [2.05, 4.69) is 11.9 Å². The van der Waals surface area contributed by atoms with Gasteiger partial charge in [0.2, 0.25) is 0 Å². The van der Waals surface area contributed by atoms with Crippen LogP contribution in [-0.2, 0) is 4.79 Å². The number of benzene rings is 1. The zero-order valence-corrected chi connectivity index (χ0v) is 22.9. The van der Waals surface area contributed by atoms with E-state index in [0.717, 1.165) is 25.7 Å². The maximum Gasteiger partial charge on any atom is 0.254 e. The van der Waals surface area contributed by atoms with Crippen LogP contribution < -0.4 is 10.1 Å². The summed E-state index contributed by atoms with van der Waals surface area (Å²) in [7, 11) is 0. The zero-order chi connectivity index (χ0) is 26.7. The highest BCUT2D eigenvalue weighted by Crippen LogP contribution is 2.27. The van der Waals surface area contributed by atoms with Gasteiger partial charge in [0.1, 0.15) is 17.6 Å². The topological polar surface area (TPSA) is 62.1 Å². The predicted octanol–water partition coefficient (Wildman–Crippen LogP) is 8.47. The van der Waals surface area contributed by atoms with E-state index in [4.69, 9.17) is 21.6 Å². The first-order valence-electron chi connectivity index (χ1n) is 12.2. The third-order valence-electron chi connectivity index (χ3n) is 4.54. The Hall–Kier alpha value is -2.58. The van der Waals surface area contributed by atoms with Gasteiger partial charge in [0.05, 0.1) is 22.3 Å². The van der Waals surface area contributed by atoms with Crippen LogP contribution in [0.1, 0.15) is 86.6 Å². The summed E-state index contributed by atoms with van der Waals surface area (Å²) in [5, 5.41) is 12.2. The van der Waals surface area contributed by atoms with E-state index in [9.17, 15) is 9.18 Å². The molecule has 0 radical (unpaired) electrons. The van der Waals surface area contributed by atoms with E-state index in [-0.39, 0.29) is 17.7 Å². The van der Waals surface area contributed by atoms with Crippen LogP contribution in [0.2, 0.25) is 5.02 Å². The van der Waals surface area contributed by atoms with Crippen molar-refractivity contribution in [3.63, 3.8) is 0 Å². The van der Waals surface area contributed by atoms with Crippen molar-refractivity contribution >= 4 is 17.5 Å². The Morgan fingerprint density at radius 1 is 1.18 bits per heavy atom. The Labute approximate surface area is 211 Å². The highest BCUT2D eigenvalue weighted by atomic mass is 35.5. The van der Waals surface area contributed by atoms with Crippen LogP contribution in [0.3, 0.4) is 0 Å². The molecule has 1 aromatic carbocycles. The summed E-state index contributed by atoms with van der Waals surface area (Å²) in [5.41, 5.74) is 0.979. The number of rotatable bonds is 6. The van der Waals surface area contributed by atoms with Gasteiger partial charge in [0.15, 0.2) is 0 Å². The molecule has 2 rings (SSSR count). The number of nitrogens with one attached hydrogen (secondary N) is 1. The Balaban J connectivity index is 0. The molecule has 1 fully saturated rings. The molecule has 0 saturated heterocycles. The lowest BCUT2D eigenvalue weighted by molar-refractivity contribution is -0.118. The Bertz CT molecular complexity index is 848. The Morgan fingerprint density at radius 3 is 2.18 bits per heavy atom. The molecule has 34 heavy (non-hydrogen) atoms. The van der Waals surface area contributed by atoms with Crippen LogP contribution in [0.4, 0.5) is 4.39 Å². The summed E-state index contributed by atoms with van der Waals surface area (Å²) < 4.78 is 20.1. The fraction of sp³-hybridized carbons (Fsp3) is 0.500. The lowest BCUT2D eigenvalue weighted by Crippen LogP contribution is -2.40. The number of carbonyl (C=O) groups excluding carboxylic acids is 1. The van der Waals surface area contributed by atoms with Crippen LogP contribution >= 0.6 is 11.6 Å². The lowest BCUT2D eigenvalue weighted by atomic mass is 9.92. The molecule has 1 aliphatic carbocycles. The number of hydrogen-bond donors (Lipinski definition) is 1. The van der Waals surface area contributed by atoms with Crippen molar-refractivity contribution in [3.05, 3.63) is 64.5 Å². The van der Waals surface area contributed by atoms with E-state index in [1.165, 1.54) is 12.2 Å². The minimum absolute atomic E-state index is 0.0124. The van der Waals surface area contributed by atoms with Crippen molar-refractivity contribution < 1.29 is 13.9 Å². The Kier molecular flexibility index (Phi) is 19.6. The fourth-order valence-electron chi connectivity index (χ4n) is 3.11. The average Bonchev–Trinajstić information content (AvgIpc) is 2.84. The van der Waals surface area contributed by atoms with E-state index in [1.807, 2.05) is 47.6 Å². The molecule has 1 N–H and O–H groups in total. The molecule has 0 aromatic heterocycles. The molecule has 190 valence electrons. The summed E-state index contributed by atoms with van der Waals surface area (Å²) in [4.78, 5) is 12.4. The smallest absolute Gasteiger partial charge is 0.254 e. The summed E-state index contributed by atoms with van der Waals surface area (Å²) in [5.74, 6) is -0.373. The second-order valence-electron chi connectivity index (χ2n) is 6.86. The van der Waals surface area contributed by atoms with Crippen LogP contribution in [0.15, 0.2) is 53.9 Å². The van der Waals surface area contributed by atoms with Gasteiger partial charge in [-0.1, -0.05) is 71.4 Å². The number of amides is 1. The number of halogens is 2. The van der Waals surface area contributed by atoms with Gasteiger partial charge in [0, 0.05) is 12.1 Å². The van der Waals surface area contributed by atoms with E-state index in [0.29, 0.717) is 21.9 Å².